The van der Waals surface area contributed by atoms with Gasteiger partial charge in [-0.1, -0.05) is 12.1 Å². The molecule has 0 aromatic heterocycles. The zero-order valence-electron chi connectivity index (χ0n) is 13.8. The number of carbonyl (C=O) groups excluding carboxylic acids is 1. The molecule has 0 atom stereocenters. The van der Waals surface area contributed by atoms with E-state index in [1.165, 1.54) is 5.56 Å². The number of sulfonamides is 1. The van der Waals surface area contributed by atoms with E-state index in [0.29, 0.717) is 17.8 Å². The fourth-order valence-electron chi connectivity index (χ4n) is 3.57. The van der Waals surface area contributed by atoms with E-state index in [0.717, 1.165) is 43.2 Å². The lowest BCUT2D eigenvalue weighted by molar-refractivity contribution is 0.0946. The molecule has 0 unspecified atom stereocenters. The SMILES string of the molecule is O=C1NCCc2ccc(NS(=O)(=O)c3ccc4c(c3)CCCC4)cc21. The third-order valence-corrected chi connectivity index (χ3v) is 6.30. The number of fused-ring (bicyclic) bond motifs is 2. The first-order valence-electron chi connectivity index (χ1n) is 8.59. The Bertz CT molecular complexity index is 951. The molecule has 0 radical (unpaired) electrons. The van der Waals surface area contributed by atoms with Crippen LogP contribution in [0.5, 0.6) is 0 Å². The second-order valence-electron chi connectivity index (χ2n) is 6.62. The van der Waals surface area contributed by atoms with Crippen molar-refractivity contribution in [1.29, 1.82) is 0 Å². The van der Waals surface area contributed by atoms with Crippen LogP contribution in [0.1, 0.15) is 39.9 Å². The molecule has 0 saturated carbocycles. The molecular weight excluding hydrogens is 336 g/mol. The average molecular weight is 356 g/mol. The second-order valence-corrected chi connectivity index (χ2v) is 8.30. The summed E-state index contributed by atoms with van der Waals surface area (Å²) in [4.78, 5) is 12.2. The highest BCUT2D eigenvalue weighted by Gasteiger charge is 2.20. The lowest BCUT2D eigenvalue weighted by atomic mass is 9.92. The van der Waals surface area contributed by atoms with Crippen LogP contribution < -0.4 is 10.0 Å². The molecule has 5 nitrogen and oxygen atoms in total. The van der Waals surface area contributed by atoms with Crippen LogP contribution in [0.4, 0.5) is 5.69 Å². The minimum atomic E-state index is -3.67. The fraction of sp³-hybridized carbons (Fsp3) is 0.316. The molecule has 0 saturated heterocycles. The molecule has 1 heterocycles. The van der Waals surface area contributed by atoms with Gasteiger partial charge in [-0.3, -0.25) is 9.52 Å². The summed E-state index contributed by atoms with van der Waals surface area (Å²) in [7, 11) is -3.67. The second kappa shape index (κ2) is 6.19. The van der Waals surface area contributed by atoms with Crippen LogP contribution in [0.3, 0.4) is 0 Å². The quantitative estimate of drug-likeness (QED) is 0.888. The van der Waals surface area contributed by atoms with Gasteiger partial charge in [-0.25, -0.2) is 8.42 Å². The van der Waals surface area contributed by atoms with Gasteiger partial charge in [0.25, 0.3) is 15.9 Å². The van der Waals surface area contributed by atoms with Crippen molar-refractivity contribution >= 4 is 21.6 Å². The zero-order valence-corrected chi connectivity index (χ0v) is 14.7. The number of amides is 1. The monoisotopic (exact) mass is 356 g/mol. The van der Waals surface area contributed by atoms with Crippen LogP contribution in [-0.4, -0.2) is 20.9 Å². The summed E-state index contributed by atoms with van der Waals surface area (Å²) in [5, 5.41) is 2.78. The molecule has 2 aromatic carbocycles. The van der Waals surface area contributed by atoms with Crippen molar-refractivity contribution in [2.24, 2.45) is 0 Å². The number of benzene rings is 2. The maximum absolute atomic E-state index is 12.7. The number of nitrogens with one attached hydrogen (secondary N) is 2. The summed E-state index contributed by atoms with van der Waals surface area (Å²) in [6.45, 7) is 0.617. The normalized spacial score (nSPS) is 16.6. The third-order valence-electron chi connectivity index (χ3n) is 4.92. The van der Waals surface area contributed by atoms with Crippen LogP contribution >= 0.6 is 0 Å². The highest BCUT2D eigenvalue weighted by molar-refractivity contribution is 7.92. The van der Waals surface area contributed by atoms with Crippen molar-refractivity contribution in [3.63, 3.8) is 0 Å². The topological polar surface area (TPSA) is 75.3 Å². The number of aryl methyl sites for hydroxylation is 2. The van der Waals surface area contributed by atoms with E-state index in [4.69, 9.17) is 0 Å². The minimum absolute atomic E-state index is 0.156. The fourth-order valence-corrected chi connectivity index (χ4v) is 4.67. The Morgan fingerprint density at radius 3 is 2.48 bits per heavy atom. The van der Waals surface area contributed by atoms with Gasteiger partial charge in [-0.15, -0.1) is 0 Å². The average Bonchev–Trinajstić information content (AvgIpc) is 2.62. The summed E-state index contributed by atoms with van der Waals surface area (Å²) in [6, 6.07) is 10.5. The molecule has 1 aliphatic carbocycles. The summed E-state index contributed by atoms with van der Waals surface area (Å²) in [5.41, 5.74) is 4.26. The molecule has 4 rings (SSSR count). The van der Waals surface area contributed by atoms with E-state index in [9.17, 15) is 13.2 Å². The largest absolute Gasteiger partial charge is 0.352 e. The molecule has 25 heavy (non-hydrogen) atoms. The van der Waals surface area contributed by atoms with Gasteiger partial charge in [0.15, 0.2) is 0 Å². The van der Waals surface area contributed by atoms with Crippen molar-refractivity contribution in [3.8, 4) is 0 Å². The molecular formula is C19H20N2O3S. The number of anilines is 1. The first-order chi connectivity index (χ1) is 12.0. The molecule has 0 bridgehead atoms. The molecule has 1 aliphatic heterocycles. The summed E-state index contributed by atoms with van der Waals surface area (Å²) < 4.78 is 28.1. The van der Waals surface area contributed by atoms with E-state index >= 15 is 0 Å². The summed E-state index contributed by atoms with van der Waals surface area (Å²) in [5.74, 6) is -0.156. The summed E-state index contributed by atoms with van der Waals surface area (Å²) >= 11 is 0. The Morgan fingerprint density at radius 1 is 0.880 bits per heavy atom. The van der Waals surface area contributed by atoms with Crippen LogP contribution in [-0.2, 0) is 29.3 Å². The van der Waals surface area contributed by atoms with Crippen LogP contribution in [0.25, 0.3) is 0 Å². The van der Waals surface area contributed by atoms with Gasteiger partial charge in [0.05, 0.1) is 4.90 Å². The van der Waals surface area contributed by atoms with Crippen LogP contribution in [0, 0.1) is 0 Å². The molecule has 0 fully saturated rings. The van der Waals surface area contributed by atoms with E-state index < -0.39 is 10.0 Å². The van der Waals surface area contributed by atoms with Crippen molar-refractivity contribution in [3.05, 3.63) is 58.7 Å². The number of rotatable bonds is 3. The van der Waals surface area contributed by atoms with Crippen molar-refractivity contribution in [1.82, 2.24) is 5.32 Å². The van der Waals surface area contributed by atoms with E-state index in [-0.39, 0.29) is 10.8 Å². The van der Waals surface area contributed by atoms with Gasteiger partial charge in [-0.05, 0) is 73.1 Å². The lowest BCUT2D eigenvalue weighted by Gasteiger charge is -2.19. The standard InChI is InChI=1S/C19H20N2O3S/c22-19-18-12-16(7-5-14(18)9-10-20-19)21-25(23,24)17-8-6-13-3-1-2-4-15(13)11-17/h5-8,11-12,21H,1-4,9-10H2,(H,20,22). The molecule has 2 aliphatic rings. The maximum atomic E-state index is 12.7. The van der Waals surface area contributed by atoms with Crippen molar-refractivity contribution in [2.45, 2.75) is 37.0 Å². The first kappa shape index (κ1) is 16.1. The number of hydrogen-bond acceptors (Lipinski definition) is 3. The molecule has 130 valence electrons. The van der Waals surface area contributed by atoms with Gasteiger partial charge >= 0.3 is 0 Å². The molecule has 1 amide bonds. The van der Waals surface area contributed by atoms with Crippen LogP contribution in [0.15, 0.2) is 41.3 Å². The van der Waals surface area contributed by atoms with Crippen LogP contribution in [0.2, 0.25) is 0 Å². The van der Waals surface area contributed by atoms with Gasteiger partial charge in [0, 0.05) is 17.8 Å². The smallest absolute Gasteiger partial charge is 0.261 e. The van der Waals surface area contributed by atoms with Crippen molar-refractivity contribution < 1.29 is 13.2 Å². The summed E-state index contributed by atoms with van der Waals surface area (Å²) in [6.07, 6.45) is 4.97. The van der Waals surface area contributed by atoms with E-state index in [1.54, 1.807) is 24.3 Å². The van der Waals surface area contributed by atoms with Crippen molar-refractivity contribution in [2.75, 3.05) is 11.3 Å². The Labute approximate surface area is 147 Å². The highest BCUT2D eigenvalue weighted by Crippen LogP contribution is 2.26. The van der Waals surface area contributed by atoms with Gasteiger partial charge in [-0.2, -0.15) is 0 Å². The Balaban J connectivity index is 1.63. The predicted molar refractivity (Wildman–Crippen MR) is 96.4 cm³/mol. The van der Waals surface area contributed by atoms with Gasteiger partial charge < -0.3 is 5.32 Å². The molecule has 2 aromatic rings. The third kappa shape index (κ3) is 3.14. The molecule has 6 heteroatoms. The number of carbonyl (C=O) groups is 1. The highest BCUT2D eigenvalue weighted by atomic mass is 32.2. The maximum Gasteiger partial charge on any atom is 0.261 e. The van der Waals surface area contributed by atoms with Gasteiger partial charge in [0.1, 0.15) is 0 Å². The zero-order chi connectivity index (χ0) is 17.4. The first-order valence-corrected chi connectivity index (χ1v) is 10.1. The number of hydrogen-bond donors (Lipinski definition) is 2. The minimum Gasteiger partial charge on any atom is -0.352 e. The van der Waals surface area contributed by atoms with E-state index in [1.807, 2.05) is 12.1 Å². The lowest BCUT2D eigenvalue weighted by Crippen LogP contribution is -2.31. The predicted octanol–water partition coefficient (Wildman–Crippen LogP) is 2.65. The Kier molecular flexibility index (Phi) is 4.00. The molecule has 2 N–H and O–H groups in total. The molecule has 0 spiro atoms. The Hall–Kier alpha value is -2.34. The van der Waals surface area contributed by atoms with E-state index in [2.05, 4.69) is 10.0 Å². The Morgan fingerprint density at radius 2 is 1.64 bits per heavy atom. The van der Waals surface area contributed by atoms with Gasteiger partial charge in [0.2, 0.25) is 0 Å².